The van der Waals surface area contributed by atoms with E-state index in [1.54, 1.807) is 29.1 Å². The molecule has 2 N–H and O–H groups in total. The number of hydrogen-bond donors (Lipinski definition) is 1. The molecule has 2 heterocycles. The predicted molar refractivity (Wildman–Crippen MR) is 90.6 cm³/mol. The van der Waals surface area contributed by atoms with Gasteiger partial charge in [0.1, 0.15) is 6.10 Å². The lowest BCUT2D eigenvalue weighted by Crippen LogP contribution is -2.21. The van der Waals surface area contributed by atoms with E-state index in [2.05, 4.69) is 27.5 Å². The highest BCUT2D eigenvalue weighted by atomic mass is 16.5. The van der Waals surface area contributed by atoms with E-state index >= 15 is 0 Å². The third-order valence-corrected chi connectivity index (χ3v) is 4.30. The summed E-state index contributed by atoms with van der Waals surface area (Å²) < 4.78 is 5.89. The molecule has 1 aliphatic rings. The van der Waals surface area contributed by atoms with Crippen LogP contribution in [0.3, 0.4) is 0 Å². The van der Waals surface area contributed by atoms with Crippen LogP contribution in [0.2, 0.25) is 0 Å². The van der Waals surface area contributed by atoms with Crippen LogP contribution in [0.5, 0.6) is 0 Å². The van der Waals surface area contributed by atoms with Crippen LogP contribution < -0.4 is 5.73 Å². The van der Waals surface area contributed by atoms with Gasteiger partial charge in [0.25, 0.3) is 0 Å². The van der Waals surface area contributed by atoms with E-state index in [0.29, 0.717) is 24.5 Å². The summed E-state index contributed by atoms with van der Waals surface area (Å²) >= 11 is 0. The van der Waals surface area contributed by atoms with Crippen molar-refractivity contribution in [3.63, 3.8) is 0 Å². The maximum atomic E-state index is 11.1. The Morgan fingerprint density at radius 2 is 2.00 bits per heavy atom. The van der Waals surface area contributed by atoms with E-state index in [1.807, 2.05) is 12.1 Å². The average Bonchev–Trinajstić information content (AvgIpc) is 3.11. The second-order valence-electron chi connectivity index (χ2n) is 5.92. The molecule has 0 spiro atoms. The molecule has 4 rings (SSSR count). The smallest absolute Gasteiger partial charge is 0.248 e. The molecule has 1 amide bonds. The molecule has 2 aromatic carbocycles. The maximum Gasteiger partial charge on any atom is 0.248 e. The van der Waals surface area contributed by atoms with Gasteiger partial charge in [0.15, 0.2) is 0 Å². The fourth-order valence-electron chi connectivity index (χ4n) is 3.00. The maximum absolute atomic E-state index is 11.1. The summed E-state index contributed by atoms with van der Waals surface area (Å²) in [6.07, 6.45) is 0.846. The van der Waals surface area contributed by atoms with Crippen molar-refractivity contribution in [1.82, 2.24) is 20.2 Å². The van der Waals surface area contributed by atoms with Gasteiger partial charge < -0.3 is 10.5 Å². The second kappa shape index (κ2) is 6.45. The summed E-state index contributed by atoms with van der Waals surface area (Å²) in [5.74, 6) is 0.0383. The van der Waals surface area contributed by atoms with Gasteiger partial charge in [-0.2, -0.15) is 4.80 Å². The van der Waals surface area contributed by atoms with Gasteiger partial charge >= 0.3 is 0 Å². The number of carbonyl (C=O) groups is 1. The minimum absolute atomic E-state index is 0.0794. The molecule has 0 radical (unpaired) electrons. The predicted octanol–water partition coefficient (Wildman–Crippen LogP) is 1.75. The quantitative estimate of drug-likeness (QED) is 0.783. The molecule has 25 heavy (non-hydrogen) atoms. The number of primary amides is 1. The van der Waals surface area contributed by atoms with Gasteiger partial charge in [0.2, 0.25) is 11.7 Å². The zero-order valence-electron chi connectivity index (χ0n) is 13.5. The zero-order valence-corrected chi connectivity index (χ0v) is 13.5. The molecule has 0 saturated carbocycles. The minimum atomic E-state index is -0.462. The first-order valence-corrected chi connectivity index (χ1v) is 8.08. The third-order valence-electron chi connectivity index (χ3n) is 4.30. The Hall–Kier alpha value is -3.06. The summed E-state index contributed by atoms with van der Waals surface area (Å²) in [6.45, 7) is 1.20. The van der Waals surface area contributed by atoms with E-state index < -0.39 is 5.91 Å². The van der Waals surface area contributed by atoms with E-state index in [4.69, 9.17) is 10.5 Å². The van der Waals surface area contributed by atoms with E-state index in [-0.39, 0.29) is 6.10 Å². The Bertz CT molecular complexity index is 904. The van der Waals surface area contributed by atoms with Crippen LogP contribution >= 0.6 is 0 Å². The van der Waals surface area contributed by atoms with Crippen LogP contribution in [0.4, 0.5) is 0 Å². The Kier molecular flexibility index (Phi) is 3.99. The molecule has 1 unspecified atom stereocenters. The summed E-state index contributed by atoms with van der Waals surface area (Å²) in [5, 5.41) is 12.6. The van der Waals surface area contributed by atoms with Crippen LogP contribution in [0.15, 0.2) is 48.5 Å². The molecule has 0 aliphatic carbocycles. The number of nitrogens with zero attached hydrogens (tertiary/aromatic N) is 4. The average molecular weight is 335 g/mol. The number of amides is 1. The Morgan fingerprint density at radius 3 is 2.80 bits per heavy atom. The Labute approximate surface area is 144 Å². The second-order valence-corrected chi connectivity index (χ2v) is 5.92. The number of fused-ring (bicyclic) bond motifs is 1. The van der Waals surface area contributed by atoms with Crippen LogP contribution in [0.25, 0.3) is 11.4 Å². The van der Waals surface area contributed by atoms with Crippen LogP contribution in [-0.2, 0) is 17.7 Å². The van der Waals surface area contributed by atoms with Crippen molar-refractivity contribution >= 4 is 5.91 Å². The molecule has 0 saturated heterocycles. The lowest BCUT2D eigenvalue weighted by Gasteiger charge is -2.25. The molecule has 126 valence electrons. The number of rotatable bonds is 4. The first kappa shape index (κ1) is 15.5. The number of tetrazole rings is 1. The van der Waals surface area contributed by atoms with Gasteiger partial charge in [-0.05, 0) is 34.9 Å². The minimum Gasteiger partial charge on any atom is -0.371 e. The Balaban J connectivity index is 1.53. The topological polar surface area (TPSA) is 95.9 Å². The molecule has 1 aromatic heterocycles. The van der Waals surface area contributed by atoms with Gasteiger partial charge in [0, 0.05) is 11.1 Å². The lowest BCUT2D eigenvalue weighted by molar-refractivity contribution is 0.0252. The van der Waals surface area contributed by atoms with Crippen molar-refractivity contribution in [2.45, 2.75) is 19.1 Å². The van der Waals surface area contributed by atoms with Crippen molar-refractivity contribution in [3.8, 4) is 11.4 Å². The van der Waals surface area contributed by atoms with Crippen LogP contribution in [-0.4, -0.2) is 32.7 Å². The van der Waals surface area contributed by atoms with Gasteiger partial charge in [-0.1, -0.05) is 36.4 Å². The fraction of sp³-hybridized carbons (Fsp3) is 0.222. The summed E-state index contributed by atoms with van der Waals surface area (Å²) in [7, 11) is 0. The zero-order chi connectivity index (χ0) is 17.2. The first-order chi connectivity index (χ1) is 12.2. The molecular formula is C18H17N5O2. The number of aromatic nitrogens is 4. The molecule has 0 fully saturated rings. The highest BCUT2D eigenvalue weighted by Crippen LogP contribution is 2.28. The summed E-state index contributed by atoms with van der Waals surface area (Å²) in [4.78, 5) is 12.7. The highest BCUT2D eigenvalue weighted by Gasteiger charge is 2.22. The van der Waals surface area contributed by atoms with E-state index in [1.165, 1.54) is 11.1 Å². The lowest BCUT2D eigenvalue weighted by atomic mass is 9.98. The third kappa shape index (κ3) is 3.14. The van der Waals surface area contributed by atoms with Crippen molar-refractivity contribution < 1.29 is 9.53 Å². The standard InChI is InChI=1S/C18H17N5O2/c19-17(24)13-5-7-14(8-6-13)18-20-22-23(21-18)11-16-15-4-2-1-3-12(15)9-10-25-16/h1-8,16H,9-11H2,(H2,19,24). The van der Waals surface area contributed by atoms with Gasteiger partial charge in [0.05, 0.1) is 13.2 Å². The van der Waals surface area contributed by atoms with Crippen LogP contribution in [0, 0.1) is 0 Å². The SMILES string of the molecule is NC(=O)c1ccc(-c2nnn(CC3OCCc4ccccc43)n2)cc1. The number of benzene rings is 2. The summed E-state index contributed by atoms with van der Waals surface area (Å²) in [6, 6.07) is 15.1. The van der Waals surface area contributed by atoms with Gasteiger partial charge in [-0.25, -0.2) is 0 Å². The number of carbonyl (C=O) groups excluding carboxylic acids is 1. The molecule has 7 heteroatoms. The van der Waals surface area contributed by atoms with Crippen molar-refractivity contribution in [1.29, 1.82) is 0 Å². The van der Waals surface area contributed by atoms with Gasteiger partial charge in [-0.15, -0.1) is 10.2 Å². The molecule has 1 atom stereocenters. The molecule has 3 aromatic rings. The molecule has 7 nitrogen and oxygen atoms in total. The Morgan fingerprint density at radius 1 is 1.20 bits per heavy atom. The largest absolute Gasteiger partial charge is 0.371 e. The normalized spacial score (nSPS) is 16.4. The monoisotopic (exact) mass is 335 g/mol. The highest BCUT2D eigenvalue weighted by molar-refractivity contribution is 5.93. The van der Waals surface area contributed by atoms with Crippen molar-refractivity contribution in [2.75, 3.05) is 6.61 Å². The summed E-state index contributed by atoms with van der Waals surface area (Å²) in [5.41, 5.74) is 8.96. The van der Waals surface area contributed by atoms with E-state index in [0.717, 1.165) is 12.0 Å². The van der Waals surface area contributed by atoms with Crippen molar-refractivity contribution in [3.05, 3.63) is 65.2 Å². The number of hydrogen-bond acceptors (Lipinski definition) is 5. The molecule has 1 aliphatic heterocycles. The fourth-order valence-corrected chi connectivity index (χ4v) is 3.00. The van der Waals surface area contributed by atoms with E-state index in [9.17, 15) is 4.79 Å². The number of ether oxygens (including phenoxy) is 1. The first-order valence-electron chi connectivity index (χ1n) is 8.08. The van der Waals surface area contributed by atoms with Crippen molar-refractivity contribution in [2.24, 2.45) is 5.73 Å². The molecule has 0 bridgehead atoms. The van der Waals surface area contributed by atoms with Crippen LogP contribution in [0.1, 0.15) is 27.6 Å². The number of nitrogens with two attached hydrogens (primary N) is 1. The molecular weight excluding hydrogens is 318 g/mol. The van der Waals surface area contributed by atoms with Gasteiger partial charge in [-0.3, -0.25) is 4.79 Å².